The zero-order valence-corrected chi connectivity index (χ0v) is 14.2. The first-order valence-electron chi connectivity index (χ1n) is 7.15. The van der Waals surface area contributed by atoms with Crippen molar-refractivity contribution in [3.05, 3.63) is 59.4 Å². The second kappa shape index (κ2) is 8.83. The van der Waals surface area contributed by atoms with E-state index >= 15 is 0 Å². The van der Waals surface area contributed by atoms with Gasteiger partial charge in [0.05, 0.1) is 20.4 Å². The van der Waals surface area contributed by atoms with Crippen LogP contribution < -0.4 is 20.2 Å². The first-order chi connectivity index (χ1) is 11.6. The third-order valence-electron chi connectivity index (χ3n) is 3.12. The number of thiocarbonyl (C=S) groups is 1. The maximum absolute atomic E-state index is 12.8. The molecule has 24 heavy (non-hydrogen) atoms. The Balaban J connectivity index is 1.86. The number of methoxy groups -OCH3 is 2. The number of ether oxygens (including phenoxy) is 2. The zero-order chi connectivity index (χ0) is 17.4. The summed E-state index contributed by atoms with van der Waals surface area (Å²) in [6.07, 6.45) is 1.61. The fourth-order valence-corrected chi connectivity index (χ4v) is 2.02. The number of nitrogens with zero attached hydrogens (tertiary/aromatic N) is 1. The minimum atomic E-state index is -0.266. The summed E-state index contributed by atoms with van der Waals surface area (Å²) in [7, 11) is 3.17. The molecule has 0 aliphatic heterocycles. The van der Waals surface area contributed by atoms with Crippen molar-refractivity contribution in [2.24, 2.45) is 5.10 Å². The van der Waals surface area contributed by atoms with Gasteiger partial charge in [-0.1, -0.05) is 12.1 Å². The average Bonchev–Trinajstić information content (AvgIpc) is 2.61. The molecule has 7 heteroatoms. The first kappa shape index (κ1) is 17.7. The number of hydrogen-bond donors (Lipinski definition) is 2. The van der Waals surface area contributed by atoms with E-state index in [4.69, 9.17) is 21.7 Å². The van der Waals surface area contributed by atoms with Crippen LogP contribution in [0.2, 0.25) is 0 Å². The van der Waals surface area contributed by atoms with Crippen molar-refractivity contribution in [1.82, 2.24) is 10.7 Å². The fraction of sp³-hybridized carbons (Fsp3) is 0.176. The molecule has 0 atom stereocenters. The van der Waals surface area contributed by atoms with Crippen molar-refractivity contribution >= 4 is 23.5 Å². The van der Waals surface area contributed by atoms with E-state index in [2.05, 4.69) is 15.8 Å². The van der Waals surface area contributed by atoms with Gasteiger partial charge in [-0.15, -0.1) is 0 Å². The van der Waals surface area contributed by atoms with Gasteiger partial charge in [-0.25, -0.2) is 4.39 Å². The molecule has 2 aromatic carbocycles. The Morgan fingerprint density at radius 1 is 1.12 bits per heavy atom. The average molecular weight is 347 g/mol. The Bertz CT molecular complexity index is 698. The maximum atomic E-state index is 12.8. The topological polar surface area (TPSA) is 54.9 Å². The summed E-state index contributed by atoms with van der Waals surface area (Å²) in [5.74, 6) is 1.08. The summed E-state index contributed by atoms with van der Waals surface area (Å²) in [4.78, 5) is 0. The number of halogens is 1. The molecule has 0 aliphatic rings. The van der Waals surface area contributed by atoms with Gasteiger partial charge in [0.15, 0.2) is 5.11 Å². The van der Waals surface area contributed by atoms with E-state index in [-0.39, 0.29) is 5.82 Å². The third-order valence-corrected chi connectivity index (χ3v) is 3.36. The molecule has 0 heterocycles. The van der Waals surface area contributed by atoms with E-state index in [0.29, 0.717) is 23.2 Å². The summed E-state index contributed by atoms with van der Waals surface area (Å²) < 4.78 is 23.2. The zero-order valence-electron chi connectivity index (χ0n) is 13.4. The lowest BCUT2D eigenvalue weighted by Crippen LogP contribution is -2.31. The smallest absolute Gasteiger partial charge is 0.187 e. The van der Waals surface area contributed by atoms with Crippen LogP contribution in [0, 0.1) is 5.82 Å². The van der Waals surface area contributed by atoms with Gasteiger partial charge in [-0.3, -0.25) is 5.43 Å². The summed E-state index contributed by atoms with van der Waals surface area (Å²) in [5, 5.41) is 7.42. The molecule has 5 nitrogen and oxygen atoms in total. The molecule has 0 radical (unpaired) electrons. The number of hydrazone groups is 1. The van der Waals surface area contributed by atoms with E-state index in [1.807, 2.05) is 12.1 Å². The highest BCUT2D eigenvalue weighted by molar-refractivity contribution is 7.80. The van der Waals surface area contributed by atoms with Gasteiger partial charge in [0, 0.05) is 18.2 Å². The number of benzene rings is 2. The van der Waals surface area contributed by atoms with E-state index in [1.54, 1.807) is 38.6 Å². The largest absolute Gasteiger partial charge is 0.497 e. The Hall–Kier alpha value is -2.67. The van der Waals surface area contributed by atoms with Gasteiger partial charge < -0.3 is 14.8 Å². The number of rotatable bonds is 6. The molecule has 0 fully saturated rings. The fourth-order valence-electron chi connectivity index (χ4n) is 1.89. The molecule has 126 valence electrons. The number of nitrogens with one attached hydrogen (secondary N) is 2. The third kappa shape index (κ3) is 5.51. The minimum Gasteiger partial charge on any atom is -0.497 e. The Morgan fingerprint density at radius 3 is 2.33 bits per heavy atom. The van der Waals surface area contributed by atoms with Crippen LogP contribution in [0.5, 0.6) is 11.5 Å². The second-order valence-corrected chi connectivity index (χ2v) is 5.23. The van der Waals surface area contributed by atoms with Crippen LogP contribution in [-0.2, 0) is 6.54 Å². The molecule has 0 amide bonds. The monoisotopic (exact) mass is 347 g/mol. The van der Waals surface area contributed by atoms with Crippen molar-refractivity contribution in [1.29, 1.82) is 0 Å². The van der Waals surface area contributed by atoms with Crippen molar-refractivity contribution in [2.45, 2.75) is 6.54 Å². The summed E-state index contributed by atoms with van der Waals surface area (Å²) >= 11 is 5.13. The molecule has 0 bridgehead atoms. The van der Waals surface area contributed by atoms with Crippen LogP contribution in [0.25, 0.3) is 0 Å². The van der Waals surface area contributed by atoms with Gasteiger partial charge in [-0.05, 0) is 42.0 Å². The van der Waals surface area contributed by atoms with E-state index in [1.165, 1.54) is 12.1 Å². The molecule has 2 rings (SSSR count). The van der Waals surface area contributed by atoms with E-state index < -0.39 is 0 Å². The highest BCUT2D eigenvalue weighted by Crippen LogP contribution is 2.21. The Morgan fingerprint density at radius 2 is 1.75 bits per heavy atom. The van der Waals surface area contributed by atoms with E-state index in [0.717, 1.165) is 11.1 Å². The highest BCUT2D eigenvalue weighted by atomic mass is 32.1. The molecule has 0 spiro atoms. The Kier molecular flexibility index (Phi) is 6.51. The van der Waals surface area contributed by atoms with Crippen LogP contribution in [0.4, 0.5) is 4.39 Å². The van der Waals surface area contributed by atoms with Gasteiger partial charge in [0.1, 0.15) is 17.3 Å². The lowest BCUT2D eigenvalue weighted by molar-refractivity contribution is 0.394. The predicted molar refractivity (Wildman–Crippen MR) is 96.1 cm³/mol. The lowest BCUT2D eigenvalue weighted by Gasteiger charge is -2.07. The summed E-state index contributed by atoms with van der Waals surface area (Å²) in [5.41, 5.74) is 4.45. The lowest BCUT2D eigenvalue weighted by atomic mass is 10.2. The first-order valence-corrected chi connectivity index (χ1v) is 7.56. The van der Waals surface area contributed by atoms with Gasteiger partial charge in [0.25, 0.3) is 0 Å². The van der Waals surface area contributed by atoms with Crippen LogP contribution in [0.1, 0.15) is 11.1 Å². The van der Waals surface area contributed by atoms with Gasteiger partial charge >= 0.3 is 0 Å². The molecule has 0 aromatic heterocycles. The molecular formula is C17H18FN3O2S. The SMILES string of the molecule is COc1cc(/C=N\NC(=S)NCc2ccc(F)cc2)cc(OC)c1. The minimum absolute atomic E-state index is 0.266. The van der Waals surface area contributed by atoms with Gasteiger partial charge in [-0.2, -0.15) is 5.10 Å². The molecule has 2 N–H and O–H groups in total. The molecule has 2 aromatic rings. The quantitative estimate of drug-likeness (QED) is 0.478. The summed E-state index contributed by atoms with van der Waals surface area (Å²) in [6, 6.07) is 11.6. The van der Waals surface area contributed by atoms with Crippen LogP contribution in [0.3, 0.4) is 0 Å². The van der Waals surface area contributed by atoms with Crippen molar-refractivity contribution < 1.29 is 13.9 Å². The molecular weight excluding hydrogens is 329 g/mol. The van der Waals surface area contributed by atoms with Crippen molar-refractivity contribution in [3.63, 3.8) is 0 Å². The number of hydrogen-bond acceptors (Lipinski definition) is 4. The van der Waals surface area contributed by atoms with Crippen LogP contribution in [-0.4, -0.2) is 25.5 Å². The van der Waals surface area contributed by atoms with Crippen LogP contribution >= 0.6 is 12.2 Å². The maximum Gasteiger partial charge on any atom is 0.187 e. The second-order valence-electron chi connectivity index (χ2n) is 4.83. The Labute approximate surface area is 145 Å². The predicted octanol–water partition coefficient (Wildman–Crippen LogP) is 2.84. The standard InChI is InChI=1S/C17H18FN3O2S/c1-22-15-7-13(8-16(9-15)23-2)11-20-21-17(24)19-10-12-3-5-14(18)6-4-12/h3-9,11H,10H2,1-2H3,(H2,19,21,24)/b20-11-. The molecule has 0 unspecified atom stereocenters. The normalized spacial score (nSPS) is 10.5. The van der Waals surface area contributed by atoms with Crippen LogP contribution in [0.15, 0.2) is 47.6 Å². The molecule has 0 saturated carbocycles. The summed E-state index contributed by atoms with van der Waals surface area (Å²) in [6.45, 7) is 0.481. The van der Waals surface area contributed by atoms with Crippen molar-refractivity contribution in [3.8, 4) is 11.5 Å². The molecule has 0 saturated heterocycles. The van der Waals surface area contributed by atoms with Gasteiger partial charge in [0.2, 0.25) is 0 Å². The van der Waals surface area contributed by atoms with Crippen molar-refractivity contribution in [2.75, 3.05) is 14.2 Å². The highest BCUT2D eigenvalue weighted by Gasteiger charge is 2.00. The van der Waals surface area contributed by atoms with E-state index in [9.17, 15) is 4.39 Å². The molecule has 0 aliphatic carbocycles.